The molecule has 0 bridgehead atoms. The minimum atomic E-state index is -3.37. The van der Waals surface area contributed by atoms with Crippen molar-refractivity contribution >= 4 is 14.9 Å². The van der Waals surface area contributed by atoms with Crippen LogP contribution in [-0.4, -0.2) is 25.2 Å². The molecule has 1 aliphatic heterocycles. The van der Waals surface area contributed by atoms with Gasteiger partial charge in [-0.3, -0.25) is 0 Å². The first-order valence-electron chi connectivity index (χ1n) is 4.48. The van der Waals surface area contributed by atoms with Gasteiger partial charge in [0, 0.05) is 6.20 Å². The Morgan fingerprint density at radius 1 is 1.25 bits per heavy atom. The predicted molar refractivity (Wildman–Crippen MR) is 59.1 cm³/mol. The van der Waals surface area contributed by atoms with Crippen LogP contribution in [0.25, 0.3) is 0 Å². The average Bonchev–Trinajstić information content (AvgIpc) is 2.57. The van der Waals surface area contributed by atoms with Crippen molar-refractivity contribution in [2.45, 2.75) is 0 Å². The lowest BCUT2D eigenvalue weighted by molar-refractivity contribution is 0.377. The van der Waals surface area contributed by atoms with E-state index in [4.69, 9.17) is 9.84 Å². The summed E-state index contributed by atoms with van der Waals surface area (Å²) < 4.78 is 27.8. The molecule has 5 nitrogen and oxygen atoms in total. The topological polar surface area (TPSA) is 76.0 Å². The first-order chi connectivity index (χ1) is 7.58. The molecule has 0 fully saturated rings. The van der Waals surface area contributed by atoms with E-state index >= 15 is 0 Å². The fraction of sp³-hybridized carbons (Fsp3) is 0.100. The van der Waals surface area contributed by atoms with Gasteiger partial charge in [0.25, 0.3) is 0 Å². The fourth-order valence-corrected chi connectivity index (χ4v) is 1.96. The van der Waals surface area contributed by atoms with E-state index in [2.05, 4.69) is 4.99 Å². The zero-order valence-electron chi connectivity index (χ0n) is 8.20. The third-order valence-electron chi connectivity index (χ3n) is 1.99. The second-order valence-corrected chi connectivity index (χ2v) is 4.97. The molecule has 0 spiro atoms. The van der Waals surface area contributed by atoms with Crippen LogP contribution in [0.15, 0.2) is 40.9 Å². The van der Waals surface area contributed by atoms with Gasteiger partial charge in [0.05, 0.1) is 5.41 Å². The van der Waals surface area contributed by atoms with Crippen molar-refractivity contribution in [3.8, 4) is 11.5 Å². The third kappa shape index (κ3) is 2.22. The van der Waals surface area contributed by atoms with E-state index in [0.717, 1.165) is 5.41 Å². The lowest BCUT2D eigenvalue weighted by Crippen LogP contribution is -2.17. The van der Waals surface area contributed by atoms with Gasteiger partial charge in [-0.25, -0.2) is 13.4 Å². The van der Waals surface area contributed by atoms with Crippen LogP contribution in [0.3, 0.4) is 0 Å². The summed E-state index contributed by atoms with van der Waals surface area (Å²) in [5.41, 5.74) is 0. The summed E-state index contributed by atoms with van der Waals surface area (Å²) in [6, 6.07) is 6.01. The maximum atomic E-state index is 11.3. The molecule has 84 valence electrons. The largest absolute Gasteiger partial charge is 0.508 e. The van der Waals surface area contributed by atoms with Gasteiger partial charge < -0.3 is 9.84 Å². The fourth-order valence-electron chi connectivity index (χ4n) is 1.15. The highest BCUT2D eigenvalue weighted by atomic mass is 32.2. The number of sulfone groups is 1. The van der Waals surface area contributed by atoms with Gasteiger partial charge in [-0.2, -0.15) is 0 Å². The van der Waals surface area contributed by atoms with Crippen LogP contribution < -0.4 is 4.74 Å². The van der Waals surface area contributed by atoms with Crippen LogP contribution in [0, 0.1) is 0 Å². The normalized spacial score (nSPS) is 17.1. The number of phenols is 1. The van der Waals surface area contributed by atoms with Gasteiger partial charge in [0.2, 0.25) is 9.84 Å². The minimum absolute atomic E-state index is 0.0134. The van der Waals surface area contributed by atoms with Gasteiger partial charge in [0.15, 0.2) is 5.04 Å². The standard InChI is InChI=1S/C10H9NO4S/c12-8-1-3-9(4-2-8)15-7-10-11-5-6-16(10,13)14/h1-6,12H,7H2. The van der Waals surface area contributed by atoms with E-state index in [9.17, 15) is 8.42 Å². The van der Waals surface area contributed by atoms with Crippen molar-refractivity contribution in [2.75, 3.05) is 6.61 Å². The zero-order chi connectivity index (χ0) is 11.6. The first-order valence-corrected chi connectivity index (χ1v) is 6.03. The van der Waals surface area contributed by atoms with E-state index in [1.165, 1.54) is 18.3 Å². The third-order valence-corrected chi connectivity index (χ3v) is 3.35. The van der Waals surface area contributed by atoms with E-state index < -0.39 is 9.84 Å². The van der Waals surface area contributed by atoms with Crippen molar-refractivity contribution in [3.05, 3.63) is 35.9 Å². The number of phenolic OH excluding ortho intramolecular Hbond substituents is 1. The lowest BCUT2D eigenvalue weighted by Gasteiger charge is -2.05. The van der Waals surface area contributed by atoms with Crippen LogP contribution in [0.2, 0.25) is 0 Å². The second kappa shape index (κ2) is 3.97. The molecule has 2 rings (SSSR count). The molecule has 0 aromatic heterocycles. The predicted octanol–water partition coefficient (Wildman–Crippen LogP) is 1.07. The molecule has 16 heavy (non-hydrogen) atoms. The number of hydrogen-bond acceptors (Lipinski definition) is 5. The van der Waals surface area contributed by atoms with Gasteiger partial charge >= 0.3 is 0 Å². The maximum Gasteiger partial charge on any atom is 0.218 e. The molecule has 1 aromatic carbocycles. The molecule has 0 radical (unpaired) electrons. The van der Waals surface area contributed by atoms with Crippen LogP contribution in [0.5, 0.6) is 11.5 Å². The van der Waals surface area contributed by atoms with Crippen molar-refractivity contribution in [1.82, 2.24) is 0 Å². The molecule has 0 amide bonds. The molecule has 6 heteroatoms. The Labute approximate surface area is 92.6 Å². The summed E-state index contributed by atoms with van der Waals surface area (Å²) in [5.74, 6) is 0.599. The summed E-state index contributed by atoms with van der Waals surface area (Å²) in [4.78, 5) is 3.69. The summed E-state index contributed by atoms with van der Waals surface area (Å²) >= 11 is 0. The van der Waals surface area contributed by atoms with E-state index in [1.807, 2.05) is 0 Å². The van der Waals surface area contributed by atoms with Gasteiger partial charge in [-0.05, 0) is 24.3 Å². The Kier molecular flexibility index (Phi) is 2.66. The number of ether oxygens (including phenoxy) is 1. The van der Waals surface area contributed by atoms with Crippen LogP contribution >= 0.6 is 0 Å². The summed E-state index contributed by atoms with van der Waals surface area (Å²) in [6.07, 6.45) is 1.23. The van der Waals surface area contributed by atoms with Crippen molar-refractivity contribution in [1.29, 1.82) is 0 Å². The molecule has 1 heterocycles. The SMILES string of the molecule is O=S1(=O)C=CN=C1COc1ccc(O)cc1. The lowest BCUT2D eigenvalue weighted by atomic mass is 10.3. The summed E-state index contributed by atoms with van der Waals surface area (Å²) in [6.45, 7) is -0.111. The van der Waals surface area contributed by atoms with E-state index in [1.54, 1.807) is 12.1 Å². The monoisotopic (exact) mass is 239 g/mol. The van der Waals surface area contributed by atoms with Crippen LogP contribution in [-0.2, 0) is 9.84 Å². The second-order valence-electron chi connectivity index (χ2n) is 3.14. The zero-order valence-corrected chi connectivity index (χ0v) is 9.02. The highest BCUT2D eigenvalue weighted by molar-refractivity contribution is 8.09. The number of benzene rings is 1. The number of rotatable bonds is 3. The molecule has 1 aliphatic rings. The molecule has 0 saturated carbocycles. The van der Waals surface area contributed by atoms with Crippen molar-refractivity contribution < 1.29 is 18.3 Å². The average molecular weight is 239 g/mol. The molecule has 1 N–H and O–H groups in total. The molecule has 0 unspecified atom stereocenters. The van der Waals surface area contributed by atoms with Crippen LogP contribution in [0.1, 0.15) is 0 Å². The summed E-state index contributed by atoms with van der Waals surface area (Å²) in [5, 5.41) is 10.1. The highest BCUT2D eigenvalue weighted by Crippen LogP contribution is 2.16. The molecular formula is C10H9NO4S. The molecule has 0 saturated heterocycles. The Morgan fingerprint density at radius 3 is 2.50 bits per heavy atom. The quantitative estimate of drug-likeness (QED) is 0.856. The Balaban J connectivity index is 2.02. The molecule has 0 aliphatic carbocycles. The number of hydrogen-bond donors (Lipinski definition) is 1. The smallest absolute Gasteiger partial charge is 0.218 e. The van der Waals surface area contributed by atoms with E-state index in [-0.39, 0.29) is 17.4 Å². The molecule has 1 aromatic rings. The van der Waals surface area contributed by atoms with Gasteiger partial charge in [-0.1, -0.05) is 0 Å². The van der Waals surface area contributed by atoms with Crippen LogP contribution in [0.4, 0.5) is 0 Å². The number of aromatic hydroxyl groups is 1. The van der Waals surface area contributed by atoms with Gasteiger partial charge in [-0.15, -0.1) is 0 Å². The maximum absolute atomic E-state index is 11.3. The van der Waals surface area contributed by atoms with Gasteiger partial charge in [0.1, 0.15) is 18.1 Å². The first kappa shape index (κ1) is 10.7. The Hall–Kier alpha value is -1.82. The number of aliphatic imine (C=N–C) groups is 1. The summed E-state index contributed by atoms with van der Waals surface area (Å²) in [7, 11) is -3.37. The van der Waals surface area contributed by atoms with E-state index in [0.29, 0.717) is 5.75 Å². The Bertz CT molecular complexity index is 543. The van der Waals surface area contributed by atoms with Crippen molar-refractivity contribution in [3.63, 3.8) is 0 Å². The number of nitrogens with zero attached hydrogens (tertiary/aromatic N) is 1. The molecule has 0 atom stereocenters. The Morgan fingerprint density at radius 2 is 1.94 bits per heavy atom. The molecular weight excluding hydrogens is 230 g/mol. The van der Waals surface area contributed by atoms with Crippen molar-refractivity contribution in [2.24, 2.45) is 4.99 Å². The highest BCUT2D eigenvalue weighted by Gasteiger charge is 2.20. The minimum Gasteiger partial charge on any atom is -0.508 e.